The van der Waals surface area contributed by atoms with Crippen molar-refractivity contribution in [2.75, 3.05) is 6.61 Å². The lowest BCUT2D eigenvalue weighted by Crippen LogP contribution is -2.44. The van der Waals surface area contributed by atoms with Gasteiger partial charge in [-0.25, -0.2) is 9.10 Å². The van der Waals surface area contributed by atoms with E-state index in [4.69, 9.17) is 9.84 Å². The minimum Gasteiger partial charge on any atom is -0.755 e. The maximum atomic E-state index is 11.4. The number of hydrogen-bond acceptors (Lipinski definition) is 5. The van der Waals surface area contributed by atoms with Crippen LogP contribution in [0.1, 0.15) is 27.7 Å². The fourth-order valence-electron chi connectivity index (χ4n) is 0.769. The molecule has 0 aliphatic heterocycles. The van der Waals surface area contributed by atoms with E-state index in [1.807, 2.05) is 0 Å². The second kappa shape index (κ2) is 5.43. The topological polar surface area (TPSA) is 89.9 Å². The lowest BCUT2D eigenvalue weighted by molar-refractivity contribution is 0.0305. The van der Waals surface area contributed by atoms with Crippen LogP contribution in [0.5, 0.6) is 0 Å². The summed E-state index contributed by atoms with van der Waals surface area (Å²) in [5, 5.41) is 8.78. The standard InChI is InChI=1S/C8H17NO5S/c1-6(5-10)9(15(12)13)7(11)14-8(2,3)4/h6,10H,5H2,1-4H3,(H,12,13)/p-1/t6-/m1/s1. The first-order chi connectivity index (χ1) is 6.69. The number of ether oxygens (including phenoxy) is 1. The van der Waals surface area contributed by atoms with Gasteiger partial charge in [0.2, 0.25) is 0 Å². The molecule has 6 nitrogen and oxygen atoms in total. The molecule has 0 aromatic carbocycles. The first-order valence-electron chi connectivity index (χ1n) is 4.41. The fraction of sp³-hybridized carbons (Fsp3) is 0.875. The lowest BCUT2D eigenvalue weighted by Gasteiger charge is -2.31. The Morgan fingerprint density at radius 1 is 1.60 bits per heavy atom. The summed E-state index contributed by atoms with van der Waals surface area (Å²) in [6, 6.07) is -0.835. The van der Waals surface area contributed by atoms with Crippen molar-refractivity contribution in [1.82, 2.24) is 4.31 Å². The zero-order valence-corrected chi connectivity index (χ0v) is 10.0. The highest BCUT2D eigenvalue weighted by atomic mass is 32.2. The van der Waals surface area contributed by atoms with Crippen LogP contribution in [0, 0.1) is 0 Å². The molecule has 0 spiro atoms. The van der Waals surface area contributed by atoms with Crippen molar-refractivity contribution >= 4 is 17.4 Å². The molecule has 0 heterocycles. The van der Waals surface area contributed by atoms with Crippen LogP contribution in [0.3, 0.4) is 0 Å². The molecule has 0 aliphatic carbocycles. The summed E-state index contributed by atoms with van der Waals surface area (Å²) in [6.45, 7) is 5.83. The second-order valence-corrected chi connectivity index (χ2v) is 4.88. The SMILES string of the molecule is C[C@H](CO)N(C(=O)OC(C)(C)C)S(=O)[O-]. The van der Waals surface area contributed by atoms with Gasteiger partial charge < -0.3 is 14.4 Å². The first kappa shape index (κ1) is 14.3. The number of aliphatic hydroxyl groups excluding tert-OH is 1. The van der Waals surface area contributed by atoms with Crippen molar-refractivity contribution in [2.45, 2.75) is 39.3 Å². The molecular formula is C8H16NO5S-. The molecule has 0 fully saturated rings. The Bertz CT molecular complexity index is 250. The molecule has 0 bridgehead atoms. The molecule has 0 aromatic rings. The number of carbonyl (C=O) groups excluding carboxylic acids is 1. The summed E-state index contributed by atoms with van der Waals surface area (Å²) in [6.07, 6.45) is -0.989. The monoisotopic (exact) mass is 238 g/mol. The Hall–Kier alpha value is -0.660. The molecule has 0 saturated carbocycles. The minimum atomic E-state index is -2.75. The molecule has 0 aromatic heterocycles. The lowest BCUT2D eigenvalue weighted by atomic mass is 10.2. The van der Waals surface area contributed by atoms with Crippen molar-refractivity contribution in [3.8, 4) is 0 Å². The normalized spacial score (nSPS) is 15.6. The molecule has 0 saturated heterocycles. The first-order valence-corrected chi connectivity index (χ1v) is 5.44. The van der Waals surface area contributed by atoms with Crippen molar-refractivity contribution in [2.24, 2.45) is 0 Å². The van der Waals surface area contributed by atoms with Gasteiger partial charge in [0.1, 0.15) is 5.60 Å². The summed E-state index contributed by atoms with van der Waals surface area (Å²) < 4.78 is 26.8. The predicted molar refractivity (Wildman–Crippen MR) is 53.5 cm³/mol. The smallest absolute Gasteiger partial charge is 0.421 e. The third-order valence-electron chi connectivity index (χ3n) is 1.40. The van der Waals surface area contributed by atoms with Gasteiger partial charge in [-0.05, 0) is 27.7 Å². The average Bonchev–Trinajstić information content (AvgIpc) is 1.99. The zero-order chi connectivity index (χ0) is 12.2. The van der Waals surface area contributed by atoms with E-state index < -0.39 is 35.6 Å². The number of hydrogen-bond donors (Lipinski definition) is 1. The Balaban J connectivity index is 4.65. The number of nitrogens with zero attached hydrogens (tertiary/aromatic N) is 1. The third kappa shape index (κ3) is 5.10. The summed E-state index contributed by atoms with van der Waals surface area (Å²) in [4.78, 5) is 11.4. The summed E-state index contributed by atoms with van der Waals surface area (Å²) in [5.41, 5.74) is -0.774. The quantitative estimate of drug-likeness (QED) is 0.719. The van der Waals surface area contributed by atoms with Crippen LogP contribution in [-0.4, -0.2) is 42.5 Å². The van der Waals surface area contributed by atoms with Gasteiger partial charge in [-0.3, -0.25) is 4.21 Å². The van der Waals surface area contributed by atoms with E-state index in [1.165, 1.54) is 6.92 Å². The summed E-state index contributed by atoms with van der Waals surface area (Å²) >= 11 is -2.75. The van der Waals surface area contributed by atoms with Crippen LogP contribution in [0.15, 0.2) is 0 Å². The van der Waals surface area contributed by atoms with Crippen LogP contribution in [0.2, 0.25) is 0 Å². The molecule has 1 amide bonds. The molecule has 0 rings (SSSR count). The Kier molecular flexibility index (Phi) is 5.19. The second-order valence-electron chi connectivity index (χ2n) is 4.05. The van der Waals surface area contributed by atoms with Gasteiger partial charge in [-0.2, -0.15) is 0 Å². The minimum absolute atomic E-state index is 0.451. The van der Waals surface area contributed by atoms with Crippen LogP contribution in [-0.2, 0) is 16.0 Å². The zero-order valence-electron chi connectivity index (χ0n) is 9.22. The van der Waals surface area contributed by atoms with Gasteiger partial charge in [0, 0.05) is 0 Å². The van der Waals surface area contributed by atoms with Gasteiger partial charge in [0.05, 0.1) is 23.9 Å². The van der Waals surface area contributed by atoms with E-state index in [9.17, 15) is 13.6 Å². The highest BCUT2D eigenvalue weighted by Crippen LogP contribution is 2.12. The molecule has 15 heavy (non-hydrogen) atoms. The van der Waals surface area contributed by atoms with Crippen molar-refractivity contribution in [3.05, 3.63) is 0 Å². The van der Waals surface area contributed by atoms with E-state index in [0.717, 1.165) is 0 Å². The summed E-state index contributed by atoms with van der Waals surface area (Å²) in [7, 11) is 0. The van der Waals surface area contributed by atoms with E-state index in [1.54, 1.807) is 20.8 Å². The van der Waals surface area contributed by atoms with Crippen LogP contribution >= 0.6 is 0 Å². The third-order valence-corrected chi connectivity index (χ3v) is 2.23. The van der Waals surface area contributed by atoms with E-state index in [0.29, 0.717) is 4.31 Å². The average molecular weight is 238 g/mol. The molecule has 7 heteroatoms. The van der Waals surface area contributed by atoms with Crippen LogP contribution in [0.25, 0.3) is 0 Å². The van der Waals surface area contributed by atoms with E-state index >= 15 is 0 Å². The van der Waals surface area contributed by atoms with Gasteiger partial charge in [0.25, 0.3) is 0 Å². The number of amides is 1. The molecule has 0 radical (unpaired) electrons. The van der Waals surface area contributed by atoms with E-state index in [-0.39, 0.29) is 0 Å². The van der Waals surface area contributed by atoms with Crippen molar-refractivity contribution in [1.29, 1.82) is 0 Å². The molecular weight excluding hydrogens is 222 g/mol. The van der Waals surface area contributed by atoms with Gasteiger partial charge in [-0.1, -0.05) is 0 Å². The number of carbonyl (C=O) groups is 1. The summed E-state index contributed by atoms with van der Waals surface area (Å²) in [5.74, 6) is 0. The van der Waals surface area contributed by atoms with Crippen molar-refractivity contribution in [3.63, 3.8) is 0 Å². The predicted octanol–water partition coefficient (Wildman–Crippen LogP) is 0.398. The Labute approximate surface area is 91.6 Å². The van der Waals surface area contributed by atoms with Gasteiger partial charge in [0.15, 0.2) is 0 Å². The molecule has 1 N–H and O–H groups in total. The number of aliphatic hydroxyl groups is 1. The highest BCUT2D eigenvalue weighted by molar-refractivity contribution is 7.77. The van der Waals surface area contributed by atoms with E-state index in [2.05, 4.69) is 0 Å². The Morgan fingerprint density at radius 2 is 2.07 bits per heavy atom. The maximum absolute atomic E-state index is 11.4. The van der Waals surface area contributed by atoms with Crippen LogP contribution in [0.4, 0.5) is 4.79 Å². The maximum Gasteiger partial charge on any atom is 0.421 e. The van der Waals surface area contributed by atoms with Gasteiger partial charge >= 0.3 is 6.09 Å². The number of rotatable bonds is 3. The Morgan fingerprint density at radius 3 is 2.33 bits per heavy atom. The fourth-order valence-corrected chi connectivity index (χ4v) is 1.29. The highest BCUT2D eigenvalue weighted by Gasteiger charge is 2.26. The van der Waals surface area contributed by atoms with Gasteiger partial charge in [-0.15, -0.1) is 0 Å². The largest absolute Gasteiger partial charge is 0.755 e. The molecule has 2 atom stereocenters. The van der Waals surface area contributed by atoms with Crippen LogP contribution < -0.4 is 0 Å². The molecule has 90 valence electrons. The van der Waals surface area contributed by atoms with Crippen molar-refractivity contribution < 1.29 is 23.4 Å². The molecule has 1 unspecified atom stereocenters. The molecule has 0 aliphatic rings.